The Morgan fingerprint density at radius 3 is 2.90 bits per heavy atom. The van der Waals surface area contributed by atoms with Crippen molar-refractivity contribution in [2.45, 2.75) is 12.5 Å². The maximum Gasteiger partial charge on any atom is 0.233 e. The number of ether oxygens (including phenoxy) is 2. The quantitative estimate of drug-likeness (QED) is 0.920. The molecule has 0 radical (unpaired) electrons. The molecule has 1 aromatic heterocycles. The molecule has 104 valence electrons. The molecule has 1 unspecified atom stereocenters. The van der Waals surface area contributed by atoms with E-state index in [-0.39, 0.29) is 11.9 Å². The van der Waals surface area contributed by atoms with E-state index >= 15 is 0 Å². The molecule has 20 heavy (non-hydrogen) atoms. The van der Waals surface area contributed by atoms with Crippen LogP contribution in [0.3, 0.4) is 0 Å². The van der Waals surface area contributed by atoms with Crippen LogP contribution in [-0.4, -0.2) is 30.0 Å². The molecule has 2 N–H and O–H groups in total. The number of hydrogen-bond acceptors (Lipinski definition) is 5. The van der Waals surface area contributed by atoms with Crippen molar-refractivity contribution in [2.24, 2.45) is 5.73 Å². The second-order valence-electron chi connectivity index (χ2n) is 4.58. The fraction of sp³-hybridized carbons (Fsp3) is 0.286. The van der Waals surface area contributed by atoms with Gasteiger partial charge in [0.1, 0.15) is 17.7 Å². The summed E-state index contributed by atoms with van der Waals surface area (Å²) in [6.07, 6.45) is 0.497. The molecule has 0 amide bonds. The number of halogens is 1. The molecule has 0 aliphatic carbocycles. The van der Waals surface area contributed by atoms with Gasteiger partial charge in [0.2, 0.25) is 5.88 Å². The number of nitrogens with zero attached hydrogens (tertiary/aromatic N) is 2. The maximum atomic E-state index is 13.7. The van der Waals surface area contributed by atoms with Crippen LogP contribution >= 0.6 is 0 Å². The molecule has 3 rings (SSSR count). The largest absolute Gasteiger partial charge is 0.488 e. The van der Waals surface area contributed by atoms with E-state index in [1.165, 1.54) is 19.2 Å². The normalized spacial score (nSPS) is 16.6. The molecule has 0 fully saturated rings. The van der Waals surface area contributed by atoms with E-state index < -0.39 is 0 Å². The third-order valence-corrected chi connectivity index (χ3v) is 3.25. The Labute approximate surface area is 115 Å². The summed E-state index contributed by atoms with van der Waals surface area (Å²) in [6.45, 7) is 0.393. The molecule has 1 aliphatic heterocycles. The van der Waals surface area contributed by atoms with Crippen LogP contribution in [-0.2, 0) is 6.42 Å². The number of rotatable bonds is 3. The zero-order chi connectivity index (χ0) is 14.1. The molecule has 0 bridgehead atoms. The van der Waals surface area contributed by atoms with Crippen LogP contribution in [0.1, 0.15) is 5.56 Å². The highest BCUT2D eigenvalue weighted by Crippen LogP contribution is 2.38. The van der Waals surface area contributed by atoms with E-state index in [9.17, 15) is 4.39 Å². The molecule has 0 saturated heterocycles. The summed E-state index contributed by atoms with van der Waals surface area (Å²) in [5, 5.41) is 7.93. The number of aromatic nitrogens is 2. The molecule has 6 heteroatoms. The third kappa shape index (κ3) is 2.18. The van der Waals surface area contributed by atoms with Crippen molar-refractivity contribution in [2.75, 3.05) is 13.7 Å². The molecule has 1 aliphatic rings. The Hall–Kier alpha value is -2.21. The van der Waals surface area contributed by atoms with Gasteiger partial charge in [-0.25, -0.2) is 4.39 Å². The lowest BCUT2D eigenvalue weighted by molar-refractivity contribution is 0.242. The Morgan fingerprint density at radius 2 is 2.25 bits per heavy atom. The summed E-state index contributed by atoms with van der Waals surface area (Å²) in [5.74, 6) is 0.724. The van der Waals surface area contributed by atoms with Crippen LogP contribution in [0.5, 0.6) is 11.6 Å². The van der Waals surface area contributed by atoms with Crippen molar-refractivity contribution in [1.29, 1.82) is 0 Å². The Balaban J connectivity index is 2.05. The van der Waals surface area contributed by atoms with E-state index in [0.29, 0.717) is 35.9 Å². The van der Waals surface area contributed by atoms with Gasteiger partial charge in [-0.3, -0.25) is 0 Å². The fourth-order valence-corrected chi connectivity index (χ4v) is 2.29. The lowest BCUT2D eigenvalue weighted by Crippen LogP contribution is -2.24. The summed E-state index contributed by atoms with van der Waals surface area (Å²) in [6, 6.07) is 6.27. The smallest absolute Gasteiger partial charge is 0.233 e. The van der Waals surface area contributed by atoms with E-state index in [0.717, 1.165) is 5.56 Å². The van der Waals surface area contributed by atoms with Gasteiger partial charge in [-0.15, -0.1) is 10.2 Å². The van der Waals surface area contributed by atoms with Crippen LogP contribution in [0.25, 0.3) is 11.3 Å². The van der Waals surface area contributed by atoms with Crippen LogP contribution in [0, 0.1) is 5.82 Å². The van der Waals surface area contributed by atoms with Gasteiger partial charge < -0.3 is 15.2 Å². The predicted octanol–water partition coefficient (Wildman–Crippen LogP) is 1.55. The minimum atomic E-state index is -0.322. The van der Waals surface area contributed by atoms with Crippen LogP contribution in [0.4, 0.5) is 4.39 Å². The van der Waals surface area contributed by atoms with Crippen LogP contribution in [0.15, 0.2) is 24.3 Å². The highest BCUT2D eigenvalue weighted by atomic mass is 19.1. The van der Waals surface area contributed by atoms with Crippen molar-refractivity contribution < 1.29 is 13.9 Å². The summed E-state index contributed by atoms with van der Waals surface area (Å²) in [7, 11) is 1.51. The van der Waals surface area contributed by atoms with E-state index in [1.54, 1.807) is 12.1 Å². The molecule has 1 atom stereocenters. The van der Waals surface area contributed by atoms with E-state index in [1.807, 2.05) is 0 Å². The van der Waals surface area contributed by atoms with Gasteiger partial charge in [0, 0.05) is 30.2 Å². The van der Waals surface area contributed by atoms with Crippen molar-refractivity contribution in [1.82, 2.24) is 10.2 Å². The summed E-state index contributed by atoms with van der Waals surface area (Å²) < 4.78 is 24.4. The molecule has 0 spiro atoms. The van der Waals surface area contributed by atoms with Crippen molar-refractivity contribution in [3.8, 4) is 22.9 Å². The molecule has 1 aromatic carbocycles. The van der Waals surface area contributed by atoms with E-state index in [4.69, 9.17) is 15.2 Å². The van der Waals surface area contributed by atoms with Crippen LogP contribution < -0.4 is 15.2 Å². The number of fused-ring (bicyclic) bond motifs is 1. The zero-order valence-electron chi connectivity index (χ0n) is 11.0. The highest BCUT2D eigenvalue weighted by molar-refractivity contribution is 5.70. The standard InChI is InChI=1S/C14H14FN3O2/c1-19-13-3-2-12(17-18-13)11-6-9(15)4-8-5-10(7-16)20-14(8)11/h2-4,6,10H,5,7,16H2,1H3. The Kier molecular flexibility index (Phi) is 3.23. The van der Waals surface area contributed by atoms with Gasteiger partial charge in [-0.05, 0) is 18.2 Å². The second-order valence-corrected chi connectivity index (χ2v) is 4.58. The molecule has 2 aromatic rings. The first kappa shape index (κ1) is 12.8. The lowest BCUT2D eigenvalue weighted by atomic mass is 10.0. The number of methoxy groups -OCH3 is 1. The predicted molar refractivity (Wildman–Crippen MR) is 71.2 cm³/mol. The maximum absolute atomic E-state index is 13.7. The van der Waals surface area contributed by atoms with Crippen molar-refractivity contribution in [3.63, 3.8) is 0 Å². The number of benzene rings is 1. The van der Waals surface area contributed by atoms with Crippen molar-refractivity contribution in [3.05, 3.63) is 35.6 Å². The van der Waals surface area contributed by atoms with Crippen molar-refractivity contribution >= 4 is 0 Å². The summed E-state index contributed by atoms with van der Waals surface area (Å²) in [4.78, 5) is 0. The zero-order valence-corrected chi connectivity index (χ0v) is 11.0. The van der Waals surface area contributed by atoms with Gasteiger partial charge in [0.05, 0.1) is 12.8 Å². The molecular weight excluding hydrogens is 261 g/mol. The molecule has 2 heterocycles. The van der Waals surface area contributed by atoms with E-state index in [2.05, 4.69) is 10.2 Å². The van der Waals surface area contributed by atoms with Gasteiger partial charge in [-0.1, -0.05) is 0 Å². The monoisotopic (exact) mass is 275 g/mol. The lowest BCUT2D eigenvalue weighted by Gasteiger charge is -2.10. The SMILES string of the molecule is COc1ccc(-c2cc(F)cc3c2OC(CN)C3)nn1. The minimum absolute atomic E-state index is 0.114. The van der Waals surface area contributed by atoms with Gasteiger partial charge in [-0.2, -0.15) is 0 Å². The Morgan fingerprint density at radius 1 is 1.40 bits per heavy atom. The third-order valence-electron chi connectivity index (χ3n) is 3.25. The first-order valence-corrected chi connectivity index (χ1v) is 6.28. The van der Waals surface area contributed by atoms with Crippen LogP contribution in [0.2, 0.25) is 0 Å². The molecular formula is C14H14FN3O2. The molecule has 0 saturated carbocycles. The first-order valence-electron chi connectivity index (χ1n) is 6.28. The first-order chi connectivity index (χ1) is 9.71. The topological polar surface area (TPSA) is 70.3 Å². The highest BCUT2D eigenvalue weighted by Gasteiger charge is 2.26. The fourth-order valence-electron chi connectivity index (χ4n) is 2.29. The number of hydrogen-bond donors (Lipinski definition) is 1. The molecule has 5 nitrogen and oxygen atoms in total. The van der Waals surface area contributed by atoms with Gasteiger partial charge in [0.25, 0.3) is 0 Å². The summed E-state index contributed by atoms with van der Waals surface area (Å²) >= 11 is 0. The number of nitrogens with two attached hydrogens (primary N) is 1. The second kappa shape index (κ2) is 5.05. The summed E-state index contributed by atoms with van der Waals surface area (Å²) in [5.41, 5.74) is 7.56. The average Bonchev–Trinajstić information content (AvgIpc) is 2.89. The minimum Gasteiger partial charge on any atom is -0.488 e. The van der Waals surface area contributed by atoms with Gasteiger partial charge >= 0.3 is 0 Å². The average molecular weight is 275 g/mol. The Bertz CT molecular complexity index is 631. The van der Waals surface area contributed by atoms with Gasteiger partial charge in [0.15, 0.2) is 0 Å².